The van der Waals surface area contributed by atoms with Gasteiger partial charge in [-0.2, -0.15) is 0 Å². The van der Waals surface area contributed by atoms with Gasteiger partial charge in [0.1, 0.15) is 11.9 Å². The van der Waals surface area contributed by atoms with Crippen molar-refractivity contribution in [1.82, 2.24) is 10.6 Å². The number of nitrogens with one attached hydrogen (secondary N) is 2. The standard InChI is InChI=1S/C20H26N4O2/c1-14-7-4-5-10-18(14)26-15(2)12-23-20(22-3)24-13-16-8-6-9-17(11-16)19(21)25/h4-11,15H,12-13H2,1-3H3,(H2,21,25)(H2,22,23,24). The molecule has 6 heteroatoms. The monoisotopic (exact) mass is 354 g/mol. The summed E-state index contributed by atoms with van der Waals surface area (Å²) >= 11 is 0. The number of para-hydroxylation sites is 1. The van der Waals surface area contributed by atoms with Crippen LogP contribution in [0.5, 0.6) is 5.75 Å². The van der Waals surface area contributed by atoms with E-state index in [0.717, 1.165) is 16.9 Å². The van der Waals surface area contributed by atoms with Gasteiger partial charge in [-0.25, -0.2) is 0 Å². The van der Waals surface area contributed by atoms with Crippen LogP contribution in [0.4, 0.5) is 0 Å². The van der Waals surface area contributed by atoms with E-state index in [-0.39, 0.29) is 6.10 Å². The van der Waals surface area contributed by atoms with Gasteiger partial charge < -0.3 is 21.1 Å². The number of carbonyl (C=O) groups is 1. The van der Waals surface area contributed by atoms with Gasteiger partial charge >= 0.3 is 0 Å². The van der Waals surface area contributed by atoms with Gasteiger partial charge in [0, 0.05) is 19.2 Å². The van der Waals surface area contributed by atoms with Crippen molar-refractivity contribution in [3.63, 3.8) is 0 Å². The van der Waals surface area contributed by atoms with E-state index in [0.29, 0.717) is 24.6 Å². The average Bonchev–Trinajstić information content (AvgIpc) is 2.64. The number of carbonyl (C=O) groups excluding carboxylic acids is 1. The second kappa shape index (κ2) is 9.46. The van der Waals surface area contributed by atoms with Crippen LogP contribution in [0.2, 0.25) is 0 Å². The second-order valence-electron chi connectivity index (χ2n) is 6.07. The summed E-state index contributed by atoms with van der Waals surface area (Å²) in [5, 5.41) is 6.45. The molecule has 2 rings (SSSR count). The number of benzene rings is 2. The predicted octanol–water partition coefficient (Wildman–Crippen LogP) is 2.23. The van der Waals surface area contributed by atoms with Gasteiger partial charge in [0.25, 0.3) is 0 Å². The van der Waals surface area contributed by atoms with Gasteiger partial charge in [-0.05, 0) is 43.2 Å². The first-order valence-corrected chi connectivity index (χ1v) is 8.55. The Labute approximate surface area is 154 Å². The lowest BCUT2D eigenvalue weighted by atomic mass is 10.1. The zero-order chi connectivity index (χ0) is 18.9. The summed E-state index contributed by atoms with van der Waals surface area (Å²) in [4.78, 5) is 15.5. The molecule has 4 N–H and O–H groups in total. The van der Waals surface area contributed by atoms with Gasteiger partial charge in [-0.3, -0.25) is 9.79 Å². The summed E-state index contributed by atoms with van der Waals surface area (Å²) in [5.41, 5.74) is 7.86. The Hall–Kier alpha value is -3.02. The quantitative estimate of drug-likeness (QED) is 0.525. The van der Waals surface area contributed by atoms with Gasteiger partial charge in [-0.1, -0.05) is 30.3 Å². The maximum absolute atomic E-state index is 11.3. The maximum atomic E-state index is 11.3. The largest absolute Gasteiger partial charge is 0.489 e. The molecule has 1 atom stereocenters. The van der Waals surface area contributed by atoms with E-state index in [2.05, 4.69) is 15.6 Å². The lowest BCUT2D eigenvalue weighted by molar-refractivity contribution is 0.1000. The molecule has 0 saturated carbocycles. The smallest absolute Gasteiger partial charge is 0.248 e. The third kappa shape index (κ3) is 5.81. The van der Waals surface area contributed by atoms with Crippen molar-refractivity contribution < 1.29 is 9.53 Å². The van der Waals surface area contributed by atoms with Crippen LogP contribution in [0.15, 0.2) is 53.5 Å². The van der Waals surface area contributed by atoms with Crippen LogP contribution < -0.4 is 21.1 Å². The lowest BCUT2D eigenvalue weighted by Gasteiger charge is -2.19. The highest BCUT2D eigenvalue weighted by atomic mass is 16.5. The minimum atomic E-state index is -0.434. The van der Waals surface area contributed by atoms with Crippen LogP contribution >= 0.6 is 0 Å². The van der Waals surface area contributed by atoms with Crippen molar-refractivity contribution in [3.8, 4) is 5.75 Å². The van der Waals surface area contributed by atoms with E-state index >= 15 is 0 Å². The summed E-state index contributed by atoms with van der Waals surface area (Å²) in [7, 11) is 1.71. The first-order chi connectivity index (χ1) is 12.5. The normalized spacial score (nSPS) is 12.3. The highest BCUT2D eigenvalue weighted by Gasteiger charge is 2.08. The van der Waals surface area contributed by atoms with Crippen LogP contribution in [-0.4, -0.2) is 31.6 Å². The molecule has 6 nitrogen and oxygen atoms in total. The molecule has 2 aromatic carbocycles. The van der Waals surface area contributed by atoms with Crippen molar-refractivity contribution in [3.05, 3.63) is 65.2 Å². The average molecular weight is 354 g/mol. The van der Waals surface area contributed by atoms with Gasteiger partial charge in [-0.15, -0.1) is 0 Å². The Bertz CT molecular complexity index is 774. The Morgan fingerprint density at radius 3 is 2.65 bits per heavy atom. The zero-order valence-corrected chi connectivity index (χ0v) is 15.5. The van der Waals surface area contributed by atoms with Crippen LogP contribution in [-0.2, 0) is 6.54 Å². The number of amides is 1. The molecule has 0 radical (unpaired) electrons. The summed E-state index contributed by atoms with van der Waals surface area (Å²) in [6.45, 7) is 5.17. The minimum absolute atomic E-state index is 0.0205. The van der Waals surface area contributed by atoms with Crippen LogP contribution in [0.3, 0.4) is 0 Å². The molecule has 0 bridgehead atoms. The van der Waals surface area contributed by atoms with E-state index in [1.54, 1.807) is 19.2 Å². The van der Waals surface area contributed by atoms with E-state index in [4.69, 9.17) is 10.5 Å². The summed E-state index contributed by atoms with van der Waals surface area (Å²) in [6, 6.07) is 15.1. The molecule has 0 aromatic heterocycles. The fourth-order valence-corrected chi connectivity index (χ4v) is 2.43. The molecule has 0 spiro atoms. The molecule has 0 aliphatic heterocycles. The number of hydrogen-bond acceptors (Lipinski definition) is 3. The summed E-state index contributed by atoms with van der Waals surface area (Å²) < 4.78 is 5.95. The minimum Gasteiger partial charge on any atom is -0.489 e. The Morgan fingerprint density at radius 1 is 1.19 bits per heavy atom. The zero-order valence-electron chi connectivity index (χ0n) is 15.5. The van der Waals surface area contributed by atoms with Crippen LogP contribution in [0, 0.1) is 6.92 Å². The van der Waals surface area contributed by atoms with E-state index in [9.17, 15) is 4.79 Å². The van der Waals surface area contributed by atoms with Crippen molar-refractivity contribution in [2.24, 2.45) is 10.7 Å². The fourth-order valence-electron chi connectivity index (χ4n) is 2.43. The van der Waals surface area contributed by atoms with Gasteiger partial charge in [0.2, 0.25) is 5.91 Å². The number of nitrogens with two attached hydrogens (primary N) is 1. The Balaban J connectivity index is 1.83. The lowest BCUT2D eigenvalue weighted by Crippen LogP contribution is -2.41. The van der Waals surface area contributed by atoms with Crippen molar-refractivity contribution in [1.29, 1.82) is 0 Å². The van der Waals surface area contributed by atoms with Crippen molar-refractivity contribution in [2.75, 3.05) is 13.6 Å². The van der Waals surface area contributed by atoms with E-state index < -0.39 is 5.91 Å². The topological polar surface area (TPSA) is 88.7 Å². The second-order valence-corrected chi connectivity index (χ2v) is 6.07. The molecule has 0 aliphatic rings. The number of primary amides is 1. The molecule has 1 amide bonds. The number of aliphatic imine (C=N–C) groups is 1. The molecular weight excluding hydrogens is 328 g/mol. The Morgan fingerprint density at radius 2 is 1.96 bits per heavy atom. The van der Waals surface area contributed by atoms with Crippen molar-refractivity contribution in [2.45, 2.75) is 26.5 Å². The number of ether oxygens (including phenoxy) is 1. The van der Waals surface area contributed by atoms with Crippen LogP contribution in [0.25, 0.3) is 0 Å². The van der Waals surface area contributed by atoms with E-state index in [1.165, 1.54) is 0 Å². The third-order valence-corrected chi connectivity index (χ3v) is 3.87. The molecule has 0 aliphatic carbocycles. The number of rotatable bonds is 7. The summed E-state index contributed by atoms with van der Waals surface area (Å²) in [6.07, 6.45) is -0.0205. The first-order valence-electron chi connectivity index (χ1n) is 8.55. The SMILES string of the molecule is CN=C(NCc1cccc(C(N)=O)c1)NCC(C)Oc1ccccc1C. The van der Waals surface area contributed by atoms with Gasteiger partial charge in [0.05, 0.1) is 6.54 Å². The maximum Gasteiger partial charge on any atom is 0.248 e. The number of guanidine groups is 1. The number of aryl methyl sites for hydroxylation is 1. The van der Waals surface area contributed by atoms with E-state index in [1.807, 2.05) is 50.2 Å². The third-order valence-electron chi connectivity index (χ3n) is 3.87. The molecule has 0 saturated heterocycles. The predicted molar refractivity (Wildman–Crippen MR) is 104 cm³/mol. The first kappa shape index (κ1) is 19.3. The Kier molecular flexibility index (Phi) is 7.02. The number of hydrogen-bond donors (Lipinski definition) is 3. The van der Waals surface area contributed by atoms with Crippen molar-refractivity contribution >= 4 is 11.9 Å². The van der Waals surface area contributed by atoms with Crippen LogP contribution in [0.1, 0.15) is 28.4 Å². The molecule has 2 aromatic rings. The molecule has 138 valence electrons. The van der Waals surface area contributed by atoms with Gasteiger partial charge in [0.15, 0.2) is 5.96 Å². The molecule has 0 fully saturated rings. The molecule has 0 heterocycles. The highest BCUT2D eigenvalue weighted by molar-refractivity contribution is 5.92. The molecule has 1 unspecified atom stereocenters. The highest BCUT2D eigenvalue weighted by Crippen LogP contribution is 2.17. The number of nitrogens with zero attached hydrogens (tertiary/aromatic N) is 1. The fraction of sp³-hybridized carbons (Fsp3) is 0.300. The summed E-state index contributed by atoms with van der Waals surface area (Å²) in [5.74, 6) is 1.11. The molecule has 26 heavy (non-hydrogen) atoms. The molecular formula is C20H26N4O2.